The molecule has 0 radical (unpaired) electrons. The molecule has 0 aliphatic rings. The second-order valence-electron chi connectivity index (χ2n) is 6.56. The minimum absolute atomic E-state index is 0.148. The number of pyridine rings is 2. The molecule has 2 heterocycles. The molecule has 0 bridgehead atoms. The van der Waals surface area contributed by atoms with Gasteiger partial charge in [0.15, 0.2) is 0 Å². The zero-order valence-electron chi connectivity index (χ0n) is 16.8. The lowest BCUT2D eigenvalue weighted by atomic mass is 10.2. The van der Waals surface area contributed by atoms with E-state index in [9.17, 15) is 4.79 Å². The third-order valence-electron chi connectivity index (χ3n) is 4.57. The fraction of sp³-hybridized carbons (Fsp3) is 0.261. The van der Waals surface area contributed by atoms with Crippen molar-refractivity contribution in [2.24, 2.45) is 0 Å². The van der Waals surface area contributed by atoms with Gasteiger partial charge in [-0.25, -0.2) is 4.98 Å². The Kier molecular flexibility index (Phi) is 7.16. The zero-order chi connectivity index (χ0) is 20.5. The van der Waals surface area contributed by atoms with Gasteiger partial charge >= 0.3 is 0 Å². The van der Waals surface area contributed by atoms with Gasteiger partial charge in [-0.3, -0.25) is 9.78 Å². The number of nitrogens with one attached hydrogen (secondary N) is 1. The number of hydrogen-bond donors (Lipinski definition) is 1. The molecule has 150 valence electrons. The number of rotatable bonds is 9. The summed E-state index contributed by atoms with van der Waals surface area (Å²) in [7, 11) is 0. The summed E-state index contributed by atoms with van der Waals surface area (Å²) in [5.41, 5.74) is 2.49. The second-order valence-corrected chi connectivity index (χ2v) is 6.56. The van der Waals surface area contributed by atoms with Crippen molar-refractivity contribution >= 4 is 11.7 Å². The molecule has 0 atom stereocenters. The topological polar surface area (TPSA) is 67.4 Å². The van der Waals surface area contributed by atoms with Crippen LogP contribution in [0.4, 0.5) is 5.82 Å². The van der Waals surface area contributed by atoms with Crippen LogP contribution < -0.4 is 15.0 Å². The number of benzene rings is 1. The lowest BCUT2D eigenvalue weighted by molar-refractivity contribution is 0.0950. The van der Waals surface area contributed by atoms with Crippen molar-refractivity contribution in [3.63, 3.8) is 0 Å². The first-order valence-corrected chi connectivity index (χ1v) is 9.79. The molecule has 1 amide bonds. The van der Waals surface area contributed by atoms with Crippen LogP contribution in [0, 0.1) is 0 Å². The summed E-state index contributed by atoms with van der Waals surface area (Å²) in [5, 5.41) is 2.93. The van der Waals surface area contributed by atoms with Crippen molar-refractivity contribution in [3.05, 3.63) is 83.8 Å². The molecule has 0 aliphatic heterocycles. The minimum atomic E-state index is -0.148. The average molecular weight is 390 g/mol. The Hall–Kier alpha value is -3.41. The molecule has 1 aromatic carbocycles. The molecule has 0 fully saturated rings. The van der Waals surface area contributed by atoms with E-state index < -0.39 is 0 Å². The molecular weight excluding hydrogens is 364 g/mol. The van der Waals surface area contributed by atoms with Crippen molar-refractivity contribution in [2.75, 3.05) is 18.0 Å². The SMILES string of the molecule is CCN(CC)c1ccc(CNC(=O)c2cccc(OCc3cccnc3)c2)cn1. The maximum Gasteiger partial charge on any atom is 0.251 e. The van der Waals surface area contributed by atoms with E-state index in [1.807, 2.05) is 36.4 Å². The van der Waals surface area contributed by atoms with Crippen molar-refractivity contribution < 1.29 is 9.53 Å². The summed E-state index contributed by atoms with van der Waals surface area (Å²) in [6.45, 7) is 6.87. The molecule has 3 aromatic rings. The lowest BCUT2D eigenvalue weighted by Gasteiger charge is -2.19. The fourth-order valence-electron chi connectivity index (χ4n) is 2.92. The molecule has 0 spiro atoms. The highest BCUT2D eigenvalue weighted by atomic mass is 16.5. The molecule has 2 aromatic heterocycles. The highest BCUT2D eigenvalue weighted by Gasteiger charge is 2.08. The van der Waals surface area contributed by atoms with Gasteiger partial charge in [0.05, 0.1) is 0 Å². The molecule has 0 aliphatic carbocycles. The summed E-state index contributed by atoms with van der Waals surface area (Å²) < 4.78 is 5.77. The first-order chi connectivity index (χ1) is 14.2. The summed E-state index contributed by atoms with van der Waals surface area (Å²) >= 11 is 0. The highest BCUT2D eigenvalue weighted by Crippen LogP contribution is 2.16. The number of hydrogen-bond acceptors (Lipinski definition) is 5. The zero-order valence-corrected chi connectivity index (χ0v) is 16.8. The van der Waals surface area contributed by atoms with E-state index in [2.05, 4.69) is 34.0 Å². The van der Waals surface area contributed by atoms with Gasteiger partial charge in [0.2, 0.25) is 0 Å². The number of amides is 1. The first-order valence-electron chi connectivity index (χ1n) is 9.79. The van der Waals surface area contributed by atoms with E-state index in [1.54, 1.807) is 30.7 Å². The van der Waals surface area contributed by atoms with Gasteiger partial charge in [-0.05, 0) is 49.7 Å². The van der Waals surface area contributed by atoms with Crippen molar-refractivity contribution in [1.29, 1.82) is 0 Å². The lowest BCUT2D eigenvalue weighted by Crippen LogP contribution is -2.24. The average Bonchev–Trinajstić information content (AvgIpc) is 2.78. The van der Waals surface area contributed by atoms with E-state index in [-0.39, 0.29) is 5.91 Å². The molecular formula is C23H26N4O2. The molecule has 6 heteroatoms. The standard InChI is InChI=1S/C23H26N4O2/c1-3-27(4-2)22-11-10-18(15-25-22)16-26-23(28)20-8-5-9-21(13-20)29-17-19-7-6-12-24-14-19/h5-15H,3-4,16-17H2,1-2H3,(H,26,28). The highest BCUT2D eigenvalue weighted by molar-refractivity contribution is 5.94. The minimum Gasteiger partial charge on any atom is -0.489 e. The maximum atomic E-state index is 12.5. The van der Waals surface area contributed by atoms with Gasteiger partial charge < -0.3 is 15.0 Å². The summed E-state index contributed by atoms with van der Waals surface area (Å²) in [5.74, 6) is 1.44. The molecule has 1 N–H and O–H groups in total. The smallest absolute Gasteiger partial charge is 0.251 e. The van der Waals surface area contributed by atoms with Crippen LogP contribution in [0.3, 0.4) is 0 Å². The first kappa shape index (κ1) is 20.3. The number of carbonyl (C=O) groups excluding carboxylic acids is 1. The van der Waals surface area contributed by atoms with Crippen molar-refractivity contribution in [2.45, 2.75) is 27.0 Å². The predicted octanol–water partition coefficient (Wildman–Crippen LogP) is 3.83. The van der Waals surface area contributed by atoms with Crippen LogP contribution in [0.5, 0.6) is 5.75 Å². The monoisotopic (exact) mass is 390 g/mol. The van der Waals surface area contributed by atoms with Gasteiger partial charge in [-0.1, -0.05) is 18.2 Å². The van der Waals surface area contributed by atoms with Gasteiger partial charge in [0, 0.05) is 49.4 Å². The largest absolute Gasteiger partial charge is 0.489 e. The molecule has 0 saturated heterocycles. The Morgan fingerprint density at radius 1 is 1.03 bits per heavy atom. The van der Waals surface area contributed by atoms with Crippen LogP contribution >= 0.6 is 0 Å². The number of ether oxygens (including phenoxy) is 1. The third kappa shape index (κ3) is 5.78. The van der Waals surface area contributed by atoms with Crippen LogP contribution in [0.2, 0.25) is 0 Å². The molecule has 0 unspecified atom stereocenters. The molecule has 0 saturated carbocycles. The Morgan fingerprint density at radius 2 is 1.90 bits per heavy atom. The second kappa shape index (κ2) is 10.2. The van der Waals surface area contributed by atoms with Gasteiger partial charge in [-0.2, -0.15) is 0 Å². The Balaban J connectivity index is 1.55. The van der Waals surface area contributed by atoms with Crippen LogP contribution in [0.25, 0.3) is 0 Å². The number of carbonyl (C=O) groups is 1. The summed E-state index contributed by atoms with van der Waals surface area (Å²) in [6.07, 6.45) is 5.29. The van der Waals surface area contributed by atoms with Crippen LogP contribution in [-0.4, -0.2) is 29.0 Å². The van der Waals surface area contributed by atoms with Crippen LogP contribution in [0.15, 0.2) is 67.1 Å². The quantitative estimate of drug-likeness (QED) is 0.601. The van der Waals surface area contributed by atoms with Crippen LogP contribution in [0.1, 0.15) is 35.3 Å². The Morgan fingerprint density at radius 3 is 2.59 bits per heavy atom. The van der Waals surface area contributed by atoms with E-state index in [0.29, 0.717) is 24.5 Å². The maximum absolute atomic E-state index is 12.5. The van der Waals surface area contributed by atoms with Crippen molar-refractivity contribution in [3.8, 4) is 5.75 Å². The van der Waals surface area contributed by atoms with Gasteiger partial charge in [0.25, 0.3) is 5.91 Å². The predicted molar refractivity (Wildman–Crippen MR) is 114 cm³/mol. The van der Waals surface area contributed by atoms with Crippen LogP contribution in [-0.2, 0) is 13.2 Å². The molecule has 6 nitrogen and oxygen atoms in total. The normalized spacial score (nSPS) is 10.4. The number of nitrogens with zero attached hydrogens (tertiary/aromatic N) is 3. The molecule has 29 heavy (non-hydrogen) atoms. The number of aromatic nitrogens is 2. The van der Waals surface area contributed by atoms with Gasteiger partial charge in [0.1, 0.15) is 18.2 Å². The molecule has 3 rings (SSSR count). The Bertz CT molecular complexity index is 910. The Labute approximate surface area is 171 Å². The van der Waals surface area contributed by atoms with Gasteiger partial charge in [-0.15, -0.1) is 0 Å². The number of anilines is 1. The fourth-order valence-corrected chi connectivity index (χ4v) is 2.92. The summed E-state index contributed by atoms with van der Waals surface area (Å²) in [6, 6.07) is 15.0. The van der Waals surface area contributed by atoms with Crippen molar-refractivity contribution in [1.82, 2.24) is 15.3 Å². The summed E-state index contributed by atoms with van der Waals surface area (Å²) in [4.78, 5) is 23.2. The van der Waals surface area contributed by atoms with E-state index in [1.165, 1.54) is 0 Å². The third-order valence-corrected chi connectivity index (χ3v) is 4.57. The van der Waals surface area contributed by atoms with E-state index in [4.69, 9.17) is 4.74 Å². The van der Waals surface area contributed by atoms with E-state index in [0.717, 1.165) is 30.0 Å². The van der Waals surface area contributed by atoms with E-state index >= 15 is 0 Å².